The summed E-state index contributed by atoms with van der Waals surface area (Å²) in [6.07, 6.45) is 0. The van der Waals surface area contributed by atoms with Crippen molar-refractivity contribution in [1.82, 2.24) is 4.98 Å². The van der Waals surface area contributed by atoms with E-state index in [0.717, 1.165) is 0 Å². The molecule has 0 saturated carbocycles. The average Bonchev–Trinajstić information content (AvgIpc) is 2.40. The monoisotopic (exact) mass is 346 g/mol. The molecule has 112 valence electrons. The number of hydrogen-bond donors (Lipinski definition) is 2. The van der Waals surface area contributed by atoms with Crippen LogP contribution in [0.3, 0.4) is 0 Å². The number of pyridine rings is 1. The second kappa shape index (κ2) is 6.19. The molecule has 0 spiro atoms. The standard InChI is InChI=1S/C13H12Cl2N2O3S/c1-8-3-2-4-12(16-8)17-21(19,20)11-6-10(14)5-9(7-18)13(11)15/h2-6,18H,7H2,1H3,(H,16,17). The number of rotatable bonds is 4. The Balaban J connectivity index is 2.47. The smallest absolute Gasteiger partial charge is 0.264 e. The molecule has 2 N–H and O–H groups in total. The predicted octanol–water partition coefficient (Wildman–Crippen LogP) is 2.99. The van der Waals surface area contributed by atoms with Gasteiger partial charge in [0.05, 0.1) is 11.6 Å². The van der Waals surface area contributed by atoms with Gasteiger partial charge in [0, 0.05) is 10.7 Å². The number of halogens is 2. The number of aliphatic hydroxyl groups is 1. The number of sulfonamides is 1. The van der Waals surface area contributed by atoms with Crippen LogP contribution in [0.1, 0.15) is 11.3 Å². The van der Waals surface area contributed by atoms with Crippen molar-refractivity contribution in [1.29, 1.82) is 0 Å². The van der Waals surface area contributed by atoms with Crippen LogP contribution in [0.2, 0.25) is 10.0 Å². The van der Waals surface area contributed by atoms with Gasteiger partial charge in [-0.1, -0.05) is 29.3 Å². The Labute approximate surface area is 132 Å². The zero-order valence-electron chi connectivity index (χ0n) is 11.0. The Bertz CT molecular complexity index is 779. The van der Waals surface area contributed by atoms with Crippen LogP contribution in [-0.2, 0) is 16.6 Å². The fraction of sp³-hybridized carbons (Fsp3) is 0.154. The molecule has 2 aromatic rings. The molecular formula is C13H12Cl2N2O3S. The fourth-order valence-electron chi connectivity index (χ4n) is 1.72. The number of aryl methyl sites for hydroxylation is 1. The van der Waals surface area contributed by atoms with E-state index in [1.807, 2.05) is 0 Å². The second-order valence-corrected chi connectivity index (χ2v) is 6.77. The molecular weight excluding hydrogens is 335 g/mol. The van der Waals surface area contributed by atoms with E-state index in [1.165, 1.54) is 18.2 Å². The van der Waals surface area contributed by atoms with Gasteiger partial charge in [-0.05, 0) is 36.8 Å². The molecule has 1 heterocycles. The van der Waals surface area contributed by atoms with Gasteiger partial charge in [-0.2, -0.15) is 0 Å². The maximum Gasteiger partial charge on any atom is 0.264 e. The maximum absolute atomic E-state index is 12.4. The molecule has 0 unspecified atom stereocenters. The molecule has 0 bridgehead atoms. The molecule has 1 aromatic carbocycles. The third-order valence-electron chi connectivity index (χ3n) is 2.67. The molecule has 21 heavy (non-hydrogen) atoms. The number of anilines is 1. The second-order valence-electron chi connectivity index (χ2n) is 4.30. The lowest BCUT2D eigenvalue weighted by atomic mass is 10.2. The van der Waals surface area contributed by atoms with Crippen molar-refractivity contribution >= 4 is 39.0 Å². The van der Waals surface area contributed by atoms with Crippen LogP contribution < -0.4 is 4.72 Å². The minimum absolute atomic E-state index is 0.0675. The number of benzene rings is 1. The Kier molecular flexibility index (Phi) is 4.73. The van der Waals surface area contributed by atoms with Gasteiger partial charge in [0.15, 0.2) is 0 Å². The first-order chi connectivity index (χ1) is 9.83. The minimum Gasteiger partial charge on any atom is -0.392 e. The summed E-state index contributed by atoms with van der Waals surface area (Å²) in [4.78, 5) is 3.86. The van der Waals surface area contributed by atoms with Crippen LogP contribution in [0.5, 0.6) is 0 Å². The molecule has 0 aliphatic carbocycles. The summed E-state index contributed by atoms with van der Waals surface area (Å²) < 4.78 is 27.1. The predicted molar refractivity (Wildman–Crippen MR) is 82.2 cm³/mol. The van der Waals surface area contributed by atoms with Gasteiger partial charge in [-0.15, -0.1) is 0 Å². The highest BCUT2D eigenvalue weighted by atomic mass is 35.5. The van der Waals surface area contributed by atoms with Crippen molar-refractivity contribution in [3.05, 3.63) is 51.6 Å². The summed E-state index contributed by atoms with van der Waals surface area (Å²) in [5.74, 6) is 0.177. The van der Waals surface area contributed by atoms with E-state index in [9.17, 15) is 13.5 Å². The van der Waals surface area contributed by atoms with Gasteiger partial charge in [0.25, 0.3) is 10.0 Å². The molecule has 5 nitrogen and oxygen atoms in total. The third kappa shape index (κ3) is 3.65. The van der Waals surface area contributed by atoms with Crippen molar-refractivity contribution in [2.45, 2.75) is 18.4 Å². The fourth-order valence-corrected chi connectivity index (χ4v) is 3.65. The van der Waals surface area contributed by atoms with Crippen molar-refractivity contribution in [3.8, 4) is 0 Å². The van der Waals surface area contributed by atoms with Gasteiger partial charge in [0.1, 0.15) is 10.7 Å². The number of aromatic nitrogens is 1. The highest BCUT2D eigenvalue weighted by Gasteiger charge is 2.21. The van der Waals surface area contributed by atoms with Crippen LogP contribution in [0.15, 0.2) is 35.2 Å². The Morgan fingerprint density at radius 3 is 2.62 bits per heavy atom. The first-order valence-electron chi connectivity index (χ1n) is 5.89. The van der Waals surface area contributed by atoms with Gasteiger partial charge >= 0.3 is 0 Å². The molecule has 0 aliphatic rings. The molecule has 0 amide bonds. The zero-order valence-corrected chi connectivity index (χ0v) is 13.3. The van der Waals surface area contributed by atoms with Crippen molar-refractivity contribution in [2.24, 2.45) is 0 Å². The Morgan fingerprint density at radius 1 is 1.29 bits per heavy atom. The van der Waals surface area contributed by atoms with E-state index < -0.39 is 16.6 Å². The molecule has 0 aliphatic heterocycles. The van der Waals surface area contributed by atoms with E-state index in [2.05, 4.69) is 9.71 Å². The van der Waals surface area contributed by atoms with Crippen molar-refractivity contribution < 1.29 is 13.5 Å². The average molecular weight is 347 g/mol. The van der Waals surface area contributed by atoms with Gasteiger partial charge in [0.2, 0.25) is 0 Å². The maximum atomic E-state index is 12.4. The molecule has 1 aromatic heterocycles. The molecule has 8 heteroatoms. The quantitative estimate of drug-likeness (QED) is 0.891. The van der Waals surface area contributed by atoms with E-state index in [0.29, 0.717) is 5.69 Å². The van der Waals surface area contributed by atoms with Crippen LogP contribution in [0, 0.1) is 6.92 Å². The zero-order chi connectivity index (χ0) is 15.6. The molecule has 0 atom stereocenters. The highest BCUT2D eigenvalue weighted by molar-refractivity contribution is 7.92. The van der Waals surface area contributed by atoms with Crippen molar-refractivity contribution in [3.63, 3.8) is 0 Å². The number of nitrogens with one attached hydrogen (secondary N) is 1. The van der Waals surface area contributed by atoms with E-state index in [-0.39, 0.29) is 26.3 Å². The van der Waals surface area contributed by atoms with Crippen molar-refractivity contribution in [2.75, 3.05) is 4.72 Å². The van der Waals surface area contributed by atoms with Crippen LogP contribution in [0.4, 0.5) is 5.82 Å². The molecule has 0 saturated heterocycles. The molecule has 0 fully saturated rings. The van der Waals surface area contributed by atoms with E-state index in [4.69, 9.17) is 23.2 Å². The number of nitrogens with zero attached hydrogens (tertiary/aromatic N) is 1. The largest absolute Gasteiger partial charge is 0.392 e. The summed E-state index contributed by atoms with van der Waals surface area (Å²) in [7, 11) is -3.96. The summed E-state index contributed by atoms with van der Waals surface area (Å²) >= 11 is 11.9. The van der Waals surface area contributed by atoms with Gasteiger partial charge in [-0.25, -0.2) is 13.4 Å². The highest BCUT2D eigenvalue weighted by Crippen LogP contribution is 2.30. The molecule has 0 radical (unpaired) electrons. The van der Waals surface area contributed by atoms with Crippen LogP contribution in [0.25, 0.3) is 0 Å². The SMILES string of the molecule is Cc1cccc(NS(=O)(=O)c2cc(Cl)cc(CO)c2Cl)n1. The Morgan fingerprint density at radius 2 is 2.00 bits per heavy atom. The van der Waals surface area contributed by atoms with Gasteiger partial charge < -0.3 is 5.11 Å². The van der Waals surface area contributed by atoms with Gasteiger partial charge in [-0.3, -0.25) is 4.72 Å². The summed E-state index contributed by atoms with van der Waals surface area (Å²) in [6, 6.07) is 7.58. The first-order valence-corrected chi connectivity index (χ1v) is 8.12. The Hall–Kier alpha value is -1.34. The van der Waals surface area contributed by atoms with E-state index >= 15 is 0 Å². The summed E-state index contributed by atoms with van der Waals surface area (Å²) in [5, 5.41) is 9.29. The normalized spacial score (nSPS) is 11.4. The number of hydrogen-bond acceptors (Lipinski definition) is 4. The molecule has 2 rings (SSSR count). The first kappa shape index (κ1) is 16.0. The van der Waals surface area contributed by atoms with E-state index in [1.54, 1.807) is 19.1 Å². The lowest BCUT2D eigenvalue weighted by Crippen LogP contribution is -2.15. The number of aliphatic hydroxyl groups excluding tert-OH is 1. The third-order valence-corrected chi connectivity index (χ3v) is 4.82. The minimum atomic E-state index is -3.96. The topological polar surface area (TPSA) is 79.3 Å². The van der Waals surface area contributed by atoms with Crippen LogP contribution in [-0.4, -0.2) is 18.5 Å². The van der Waals surface area contributed by atoms with Crippen LogP contribution >= 0.6 is 23.2 Å². The summed E-state index contributed by atoms with van der Waals surface area (Å²) in [5.41, 5.74) is 0.908. The summed E-state index contributed by atoms with van der Waals surface area (Å²) in [6.45, 7) is 1.33. The lowest BCUT2D eigenvalue weighted by molar-refractivity contribution is 0.281. The lowest BCUT2D eigenvalue weighted by Gasteiger charge is -2.12.